The summed E-state index contributed by atoms with van der Waals surface area (Å²) >= 11 is 6.40. The highest BCUT2D eigenvalue weighted by Crippen LogP contribution is 2.37. The summed E-state index contributed by atoms with van der Waals surface area (Å²) in [5, 5.41) is 9.00. The fourth-order valence-electron chi connectivity index (χ4n) is 1.87. The van der Waals surface area contributed by atoms with E-state index in [2.05, 4.69) is 31.9 Å². The van der Waals surface area contributed by atoms with Gasteiger partial charge < -0.3 is 14.2 Å². The number of ether oxygens (including phenoxy) is 3. The molecule has 0 aliphatic carbocycles. The molecule has 0 heterocycles. The lowest BCUT2D eigenvalue weighted by atomic mass is 10.2. The van der Waals surface area contributed by atoms with Gasteiger partial charge in [-0.15, -0.1) is 0 Å². The first-order chi connectivity index (χ1) is 11.9. The van der Waals surface area contributed by atoms with Crippen molar-refractivity contribution in [2.24, 2.45) is 0 Å². The Morgan fingerprint density at radius 3 is 2.56 bits per heavy atom. The zero-order chi connectivity index (χ0) is 18.4. The molecule has 2 aromatic rings. The molecule has 0 radical (unpaired) electrons. The molecular formula is C17H12Br2FNO4. The van der Waals surface area contributed by atoms with Gasteiger partial charge in [-0.2, -0.15) is 5.26 Å². The number of hydrogen-bond acceptors (Lipinski definition) is 5. The number of carbonyl (C=O) groups excluding carboxylic acids is 1. The van der Waals surface area contributed by atoms with Crippen molar-refractivity contribution in [3.8, 4) is 23.3 Å². The Morgan fingerprint density at radius 2 is 1.92 bits per heavy atom. The Morgan fingerprint density at radius 1 is 1.16 bits per heavy atom. The molecule has 0 aliphatic rings. The van der Waals surface area contributed by atoms with Crippen LogP contribution in [0.1, 0.15) is 12.5 Å². The highest BCUT2D eigenvalue weighted by molar-refractivity contribution is 9.10. The minimum Gasteiger partial charge on any atom is -0.490 e. The lowest BCUT2D eigenvalue weighted by molar-refractivity contribution is -0.136. The van der Waals surface area contributed by atoms with Crippen molar-refractivity contribution in [1.82, 2.24) is 0 Å². The summed E-state index contributed by atoms with van der Waals surface area (Å²) in [6.07, 6.45) is 0. The number of nitrogens with zero attached hydrogens (tertiary/aromatic N) is 1. The molecular weight excluding hydrogens is 461 g/mol. The molecule has 0 saturated heterocycles. The molecule has 0 bridgehead atoms. The van der Waals surface area contributed by atoms with Gasteiger partial charge in [0.1, 0.15) is 11.6 Å². The highest BCUT2D eigenvalue weighted by atomic mass is 79.9. The van der Waals surface area contributed by atoms with Crippen LogP contribution in [0.25, 0.3) is 0 Å². The molecule has 2 aromatic carbocycles. The molecule has 0 atom stereocenters. The van der Waals surface area contributed by atoms with E-state index < -0.39 is 11.8 Å². The van der Waals surface area contributed by atoms with Crippen molar-refractivity contribution in [3.63, 3.8) is 0 Å². The molecule has 0 aliphatic heterocycles. The average molecular weight is 473 g/mol. The van der Waals surface area contributed by atoms with E-state index in [-0.39, 0.29) is 18.1 Å². The van der Waals surface area contributed by atoms with Gasteiger partial charge in [0, 0.05) is 6.07 Å². The maximum absolute atomic E-state index is 13.0. The lowest BCUT2D eigenvalue weighted by Gasteiger charge is -2.13. The van der Waals surface area contributed by atoms with E-state index in [4.69, 9.17) is 19.5 Å². The summed E-state index contributed by atoms with van der Waals surface area (Å²) in [6.45, 7) is 1.72. The van der Waals surface area contributed by atoms with Gasteiger partial charge >= 0.3 is 5.97 Å². The first-order valence-electron chi connectivity index (χ1n) is 7.09. The van der Waals surface area contributed by atoms with E-state index in [9.17, 15) is 9.18 Å². The smallest absolute Gasteiger partial charge is 0.349 e. The van der Waals surface area contributed by atoms with Gasteiger partial charge in [0.25, 0.3) is 0 Å². The third kappa shape index (κ3) is 5.18. The molecule has 5 nitrogen and oxygen atoms in total. The third-order valence-electron chi connectivity index (χ3n) is 2.89. The van der Waals surface area contributed by atoms with Crippen LogP contribution in [0.2, 0.25) is 0 Å². The van der Waals surface area contributed by atoms with Crippen LogP contribution in [-0.4, -0.2) is 19.2 Å². The number of nitriles is 1. The number of hydrogen-bond donors (Lipinski definition) is 0. The first kappa shape index (κ1) is 19.2. The van der Waals surface area contributed by atoms with Gasteiger partial charge in [-0.1, -0.05) is 0 Å². The summed E-state index contributed by atoms with van der Waals surface area (Å²) in [7, 11) is 0. The van der Waals surface area contributed by atoms with E-state index >= 15 is 0 Å². The number of rotatable bonds is 6. The van der Waals surface area contributed by atoms with Gasteiger partial charge in [-0.3, -0.25) is 0 Å². The van der Waals surface area contributed by atoms with Gasteiger partial charge in [0.2, 0.25) is 0 Å². The summed E-state index contributed by atoms with van der Waals surface area (Å²) < 4.78 is 29.8. The van der Waals surface area contributed by atoms with E-state index in [0.29, 0.717) is 26.9 Å². The molecule has 0 N–H and O–H groups in total. The van der Waals surface area contributed by atoms with Gasteiger partial charge in [-0.25, -0.2) is 9.18 Å². The highest BCUT2D eigenvalue weighted by Gasteiger charge is 2.17. The Hall–Kier alpha value is -2.11. The van der Waals surface area contributed by atoms with Crippen molar-refractivity contribution in [2.45, 2.75) is 6.92 Å². The van der Waals surface area contributed by atoms with Crippen LogP contribution < -0.4 is 14.2 Å². The molecule has 0 saturated carbocycles. The lowest BCUT2D eigenvalue weighted by Crippen LogP contribution is -2.18. The zero-order valence-corrected chi connectivity index (χ0v) is 16.2. The van der Waals surface area contributed by atoms with Crippen molar-refractivity contribution in [3.05, 3.63) is 50.7 Å². The van der Waals surface area contributed by atoms with E-state index in [1.165, 1.54) is 30.3 Å². The Balaban J connectivity index is 2.11. The number of halogens is 3. The molecule has 0 amide bonds. The summed E-state index contributed by atoms with van der Waals surface area (Å²) in [5.41, 5.74) is 0.363. The van der Waals surface area contributed by atoms with Crippen molar-refractivity contribution < 1.29 is 23.4 Å². The molecule has 25 heavy (non-hydrogen) atoms. The maximum Gasteiger partial charge on any atom is 0.349 e. The van der Waals surface area contributed by atoms with Crippen LogP contribution >= 0.6 is 31.9 Å². The Bertz CT molecular complexity index is 836. The SMILES string of the molecule is CCOc1cc(C#N)cc(Br)c1OC(=O)COc1ccc(F)cc1Br. The second-order valence-corrected chi connectivity index (χ2v) is 6.38. The fraction of sp³-hybridized carbons (Fsp3) is 0.176. The Labute approximate surface area is 160 Å². The molecule has 8 heteroatoms. The van der Waals surface area contributed by atoms with Crippen LogP contribution in [0.3, 0.4) is 0 Å². The zero-order valence-electron chi connectivity index (χ0n) is 13.0. The Kier molecular flexibility index (Phi) is 6.79. The normalized spacial score (nSPS) is 10.0. The fourth-order valence-corrected chi connectivity index (χ4v) is 2.86. The minimum atomic E-state index is -0.678. The second-order valence-electron chi connectivity index (χ2n) is 4.67. The second kappa shape index (κ2) is 8.83. The summed E-state index contributed by atoms with van der Waals surface area (Å²) in [4.78, 5) is 12.0. The molecule has 0 spiro atoms. The summed E-state index contributed by atoms with van der Waals surface area (Å²) in [5.74, 6) is -0.369. The average Bonchev–Trinajstić information content (AvgIpc) is 2.57. The standard InChI is InChI=1S/C17H12Br2FNO4/c1-2-23-15-6-10(8-21)5-13(19)17(15)25-16(22)9-24-14-4-3-11(20)7-12(14)18/h3-7H,2,9H2,1H3. The van der Waals surface area contributed by atoms with Crippen LogP contribution in [0.4, 0.5) is 4.39 Å². The predicted octanol–water partition coefficient (Wildman–Crippen LogP) is 4.61. The topological polar surface area (TPSA) is 68.5 Å². The molecule has 0 aromatic heterocycles. The van der Waals surface area contributed by atoms with Crippen LogP contribution in [0.5, 0.6) is 17.2 Å². The molecule has 0 unspecified atom stereocenters. The molecule has 2 rings (SSSR count). The third-order valence-corrected chi connectivity index (χ3v) is 4.10. The largest absolute Gasteiger partial charge is 0.490 e. The van der Waals surface area contributed by atoms with E-state index in [1.54, 1.807) is 6.92 Å². The maximum atomic E-state index is 13.0. The number of benzene rings is 2. The molecule has 130 valence electrons. The molecule has 0 fully saturated rings. The van der Waals surface area contributed by atoms with Crippen LogP contribution in [0, 0.1) is 17.1 Å². The van der Waals surface area contributed by atoms with Crippen molar-refractivity contribution in [2.75, 3.05) is 13.2 Å². The van der Waals surface area contributed by atoms with E-state index in [1.807, 2.05) is 6.07 Å². The quantitative estimate of drug-likeness (QED) is 0.453. The van der Waals surface area contributed by atoms with Crippen molar-refractivity contribution >= 4 is 37.8 Å². The summed E-state index contributed by atoms with van der Waals surface area (Å²) in [6, 6.07) is 8.83. The number of esters is 1. The van der Waals surface area contributed by atoms with Gasteiger partial charge in [0.15, 0.2) is 18.1 Å². The monoisotopic (exact) mass is 471 g/mol. The van der Waals surface area contributed by atoms with Crippen molar-refractivity contribution in [1.29, 1.82) is 5.26 Å². The van der Waals surface area contributed by atoms with Crippen LogP contribution in [-0.2, 0) is 4.79 Å². The first-order valence-corrected chi connectivity index (χ1v) is 8.68. The van der Waals surface area contributed by atoms with Gasteiger partial charge in [-0.05, 0) is 63.0 Å². The van der Waals surface area contributed by atoms with E-state index in [0.717, 1.165) is 0 Å². The minimum absolute atomic E-state index is 0.160. The van der Waals surface area contributed by atoms with Gasteiger partial charge in [0.05, 0.1) is 27.2 Å². The van der Waals surface area contributed by atoms with Crippen LogP contribution in [0.15, 0.2) is 39.3 Å². The number of carbonyl (C=O) groups is 1. The predicted molar refractivity (Wildman–Crippen MR) is 95.3 cm³/mol.